The van der Waals surface area contributed by atoms with E-state index < -0.39 is 0 Å². The fourth-order valence-electron chi connectivity index (χ4n) is 6.56. The number of hydrogen-bond acceptors (Lipinski definition) is 8. The van der Waals surface area contributed by atoms with Crippen molar-refractivity contribution < 1.29 is 14.1 Å². The summed E-state index contributed by atoms with van der Waals surface area (Å²) >= 11 is 0. The first-order valence-corrected chi connectivity index (χ1v) is 15.2. The summed E-state index contributed by atoms with van der Waals surface area (Å²) in [6, 6.07) is 8.75. The highest BCUT2D eigenvalue weighted by molar-refractivity contribution is 5.92. The molecule has 1 saturated heterocycles. The lowest BCUT2D eigenvalue weighted by molar-refractivity contribution is 0.0657. The average Bonchev–Trinajstić information content (AvgIpc) is 3.40. The lowest BCUT2D eigenvalue weighted by Gasteiger charge is -2.26. The molecular formula is C33H38N8O3. The maximum atomic E-state index is 13.0. The van der Waals surface area contributed by atoms with Gasteiger partial charge in [-0.1, -0.05) is 37.7 Å². The van der Waals surface area contributed by atoms with Crippen LogP contribution in [0.25, 0.3) is 33.7 Å². The van der Waals surface area contributed by atoms with Crippen LogP contribution < -0.4 is 5.32 Å². The van der Waals surface area contributed by atoms with E-state index in [1.807, 2.05) is 18.5 Å². The van der Waals surface area contributed by atoms with E-state index in [1.54, 1.807) is 0 Å². The zero-order valence-corrected chi connectivity index (χ0v) is 24.4. The van der Waals surface area contributed by atoms with E-state index in [0.717, 1.165) is 97.4 Å². The molecule has 1 aliphatic heterocycles. The van der Waals surface area contributed by atoms with Gasteiger partial charge in [-0.3, -0.25) is 9.48 Å². The highest BCUT2D eigenvalue weighted by Gasteiger charge is 2.44. The Hall–Kier alpha value is -4.38. The molecule has 2 aliphatic carbocycles. The minimum atomic E-state index is -0.318. The summed E-state index contributed by atoms with van der Waals surface area (Å²) in [7, 11) is 0. The van der Waals surface area contributed by atoms with Gasteiger partial charge in [-0.05, 0) is 74.6 Å². The molecule has 0 bridgehead atoms. The number of carbonyl (C=O) groups is 1. The standard InChI is InChI=1S/C32H34N8O3.CH4/c1-18-24(17-34-40(18)21-9-14-42-15-10-21)27-36-26-23(8-13-33-28(26)37-27)20-6-7-22-19(16-20)4-3-5-25(22)35-29(41)30-38-31(39-43-30)32(2)11-12-32;/h6-8,13,16-17,21,25H,3-5,9-12,14-15H2,1-2H3,(H,35,41)(H,33,36,37);1H4/t25-;/m0./s1. The maximum Gasteiger partial charge on any atom is 0.315 e. The summed E-state index contributed by atoms with van der Waals surface area (Å²) in [5.41, 5.74) is 8.08. The lowest BCUT2D eigenvalue weighted by atomic mass is 9.85. The summed E-state index contributed by atoms with van der Waals surface area (Å²) in [5.74, 6) is 1.11. The van der Waals surface area contributed by atoms with Gasteiger partial charge in [-0.2, -0.15) is 10.1 Å². The first kappa shape index (κ1) is 28.4. The molecule has 228 valence electrons. The number of benzene rings is 1. The Balaban J connectivity index is 0.00000312. The molecule has 4 aromatic heterocycles. The van der Waals surface area contributed by atoms with Crippen LogP contribution in [0, 0.1) is 6.92 Å². The minimum Gasteiger partial charge on any atom is -0.381 e. The number of aryl methyl sites for hydroxylation is 1. The Morgan fingerprint density at radius 1 is 1.11 bits per heavy atom. The molecule has 3 aliphatic rings. The molecule has 5 heterocycles. The molecule has 11 nitrogen and oxygen atoms in total. The van der Waals surface area contributed by atoms with Crippen LogP contribution in [0.15, 0.2) is 41.2 Å². The van der Waals surface area contributed by atoms with Gasteiger partial charge in [-0.25, -0.2) is 9.97 Å². The maximum absolute atomic E-state index is 13.0. The van der Waals surface area contributed by atoms with Crippen LogP contribution in [0.4, 0.5) is 0 Å². The Kier molecular flexibility index (Phi) is 7.07. The van der Waals surface area contributed by atoms with E-state index >= 15 is 0 Å². The molecule has 2 N–H and O–H groups in total. The smallest absolute Gasteiger partial charge is 0.315 e. The third kappa shape index (κ3) is 4.89. The monoisotopic (exact) mass is 594 g/mol. The van der Waals surface area contributed by atoms with Crippen LogP contribution in [-0.2, 0) is 16.6 Å². The van der Waals surface area contributed by atoms with Crippen molar-refractivity contribution in [3.8, 4) is 22.5 Å². The van der Waals surface area contributed by atoms with Gasteiger partial charge in [0, 0.05) is 36.1 Å². The zero-order valence-electron chi connectivity index (χ0n) is 24.4. The molecule has 1 aromatic carbocycles. The molecule has 11 heteroatoms. The number of rotatable bonds is 6. The predicted octanol–water partition coefficient (Wildman–Crippen LogP) is 6.03. The second-order valence-corrected chi connectivity index (χ2v) is 12.4. The fraction of sp³-hybridized carbons (Fsp3) is 0.455. The normalized spacial score (nSPS) is 19.4. The summed E-state index contributed by atoms with van der Waals surface area (Å²) in [5, 5.41) is 11.9. The molecule has 0 unspecified atom stereocenters. The van der Waals surface area contributed by atoms with E-state index in [-0.39, 0.29) is 30.7 Å². The molecular weight excluding hydrogens is 556 g/mol. The molecule has 2 fully saturated rings. The largest absolute Gasteiger partial charge is 0.381 e. The second-order valence-electron chi connectivity index (χ2n) is 12.4. The Morgan fingerprint density at radius 3 is 2.77 bits per heavy atom. The number of imidazole rings is 1. The van der Waals surface area contributed by atoms with Crippen LogP contribution in [0.5, 0.6) is 0 Å². The number of aromatic nitrogens is 7. The number of carbonyl (C=O) groups excluding carboxylic acids is 1. The minimum absolute atomic E-state index is 0. The number of pyridine rings is 1. The second kappa shape index (κ2) is 11.0. The molecule has 1 saturated carbocycles. The molecule has 1 atom stereocenters. The number of amides is 1. The van der Waals surface area contributed by atoms with E-state index in [4.69, 9.17) is 19.3 Å². The highest BCUT2D eigenvalue weighted by Crippen LogP contribution is 2.46. The van der Waals surface area contributed by atoms with Crippen molar-refractivity contribution in [1.29, 1.82) is 0 Å². The van der Waals surface area contributed by atoms with Gasteiger partial charge in [0.2, 0.25) is 0 Å². The van der Waals surface area contributed by atoms with E-state index in [0.29, 0.717) is 17.5 Å². The van der Waals surface area contributed by atoms with Crippen molar-refractivity contribution in [1.82, 2.24) is 40.2 Å². The van der Waals surface area contributed by atoms with Crippen molar-refractivity contribution in [2.75, 3.05) is 13.2 Å². The fourth-order valence-corrected chi connectivity index (χ4v) is 6.56. The number of nitrogens with one attached hydrogen (secondary N) is 2. The topological polar surface area (TPSA) is 137 Å². The Bertz CT molecular complexity index is 1840. The van der Waals surface area contributed by atoms with Crippen molar-refractivity contribution >= 4 is 17.1 Å². The molecule has 44 heavy (non-hydrogen) atoms. The van der Waals surface area contributed by atoms with Gasteiger partial charge in [-0.15, -0.1) is 0 Å². The predicted molar refractivity (Wildman–Crippen MR) is 165 cm³/mol. The van der Waals surface area contributed by atoms with Crippen LogP contribution >= 0.6 is 0 Å². The molecule has 0 spiro atoms. The summed E-state index contributed by atoms with van der Waals surface area (Å²) in [4.78, 5) is 30.4. The summed E-state index contributed by atoms with van der Waals surface area (Å²) in [6.45, 7) is 5.73. The Morgan fingerprint density at radius 2 is 1.95 bits per heavy atom. The molecule has 0 radical (unpaired) electrons. The van der Waals surface area contributed by atoms with Crippen LogP contribution in [-0.4, -0.2) is 54.0 Å². The van der Waals surface area contributed by atoms with Crippen molar-refractivity contribution in [3.05, 3.63) is 65.2 Å². The number of aromatic amines is 1. The highest BCUT2D eigenvalue weighted by atomic mass is 16.5. The third-order valence-electron chi connectivity index (χ3n) is 9.46. The third-order valence-corrected chi connectivity index (χ3v) is 9.46. The van der Waals surface area contributed by atoms with Gasteiger partial charge in [0.1, 0.15) is 5.82 Å². The average molecular weight is 595 g/mol. The van der Waals surface area contributed by atoms with Crippen molar-refractivity contribution in [3.63, 3.8) is 0 Å². The number of H-pyrrole nitrogens is 1. The molecule has 8 rings (SSSR count). The number of fused-ring (bicyclic) bond motifs is 2. The van der Waals surface area contributed by atoms with E-state index in [2.05, 4.69) is 62.2 Å². The van der Waals surface area contributed by atoms with Gasteiger partial charge < -0.3 is 19.6 Å². The van der Waals surface area contributed by atoms with Crippen LogP contribution in [0.3, 0.4) is 0 Å². The lowest BCUT2D eigenvalue weighted by Crippen LogP contribution is -2.31. The molecule has 5 aromatic rings. The summed E-state index contributed by atoms with van der Waals surface area (Å²) < 4.78 is 13.0. The quantitative estimate of drug-likeness (QED) is 0.243. The van der Waals surface area contributed by atoms with Crippen LogP contribution in [0.2, 0.25) is 0 Å². The summed E-state index contributed by atoms with van der Waals surface area (Å²) in [6.07, 6.45) is 10.5. The Labute approximate surface area is 255 Å². The van der Waals surface area contributed by atoms with Gasteiger partial charge in [0.15, 0.2) is 11.5 Å². The first-order chi connectivity index (χ1) is 21.0. The van der Waals surface area contributed by atoms with Gasteiger partial charge in [0.25, 0.3) is 0 Å². The van der Waals surface area contributed by atoms with Crippen molar-refractivity contribution in [2.24, 2.45) is 0 Å². The molecule has 1 amide bonds. The van der Waals surface area contributed by atoms with Crippen LogP contribution in [0.1, 0.15) is 98.3 Å². The van der Waals surface area contributed by atoms with Gasteiger partial charge in [0.05, 0.1) is 29.4 Å². The van der Waals surface area contributed by atoms with Gasteiger partial charge >= 0.3 is 11.8 Å². The SMILES string of the molecule is C.Cc1c(-c2nc3nccc(-c4ccc5c(c4)CCC[C@@H]5NC(=O)c4nc(C5(C)CC5)no4)c3[nH]2)cnn1C1CCOCC1. The van der Waals surface area contributed by atoms with E-state index in [1.165, 1.54) is 5.56 Å². The number of ether oxygens (including phenoxy) is 1. The number of nitrogens with zero attached hydrogens (tertiary/aromatic N) is 6. The first-order valence-electron chi connectivity index (χ1n) is 15.2. The van der Waals surface area contributed by atoms with E-state index in [9.17, 15) is 4.79 Å². The zero-order chi connectivity index (χ0) is 29.1. The number of hydrogen-bond donors (Lipinski definition) is 2. The van der Waals surface area contributed by atoms with Crippen molar-refractivity contribution in [2.45, 2.75) is 83.7 Å².